The summed E-state index contributed by atoms with van der Waals surface area (Å²) in [4.78, 5) is 223. The molecule has 794 valence electrons. The highest BCUT2D eigenvalue weighted by Crippen LogP contribution is 2.67. The number of amides is 3. The Kier molecular flexibility index (Phi) is 35.8. The van der Waals surface area contributed by atoms with Crippen LogP contribution in [0.15, 0.2) is 204 Å². The van der Waals surface area contributed by atoms with Crippen LogP contribution in [0.4, 0.5) is 0 Å². The Labute approximate surface area is 854 Å². The molecule has 0 radical (unpaired) electrons. The van der Waals surface area contributed by atoms with Crippen molar-refractivity contribution in [2.75, 3.05) is 52.7 Å². The smallest absolute Gasteiger partial charge is 0.350 e. The van der Waals surface area contributed by atoms with Crippen LogP contribution in [0.25, 0.3) is 0 Å². The molecule has 0 unspecified atom stereocenters. The molecule has 11 N–H and O–H groups in total. The van der Waals surface area contributed by atoms with Crippen LogP contribution in [-0.4, -0.2) is 269 Å². The van der Waals surface area contributed by atoms with E-state index in [1.807, 2.05) is 0 Å². The largest absolute Gasteiger partial charge is 0.481 e. The number of carboxylic acid groups (broad SMARTS) is 1. The van der Waals surface area contributed by atoms with Gasteiger partial charge in [-0.25, -0.2) is 19.2 Å². The van der Waals surface area contributed by atoms with Gasteiger partial charge >= 0.3 is 65.7 Å². The molecular formula is C109H129N4O35+. The number of quaternary nitrogens is 1. The summed E-state index contributed by atoms with van der Waals surface area (Å²) in [6.07, 6.45) is -24.4. The lowest BCUT2D eigenvalue weighted by Gasteiger charge is -2.67. The number of aliphatic carboxylic acids is 1. The Balaban J connectivity index is 0.000000263. The highest BCUT2D eigenvalue weighted by molar-refractivity contribution is 5.99. The van der Waals surface area contributed by atoms with Gasteiger partial charge in [0.2, 0.25) is 18.1 Å². The third-order valence-corrected chi connectivity index (χ3v) is 29.8. The van der Waals surface area contributed by atoms with Crippen LogP contribution in [0.2, 0.25) is 0 Å². The third-order valence-electron chi connectivity index (χ3n) is 29.8. The van der Waals surface area contributed by atoms with Crippen LogP contribution in [0.5, 0.6) is 0 Å². The zero-order valence-electron chi connectivity index (χ0n) is 83.6. The zero-order valence-corrected chi connectivity index (χ0v) is 83.6. The molecule has 2 saturated heterocycles. The fourth-order valence-electron chi connectivity index (χ4n) is 22.2. The molecule has 4 saturated carbocycles. The molecule has 8 aliphatic rings. The molecule has 39 heteroatoms. The highest BCUT2D eigenvalue weighted by Gasteiger charge is 2.81. The number of carbonyl (C=O) groups excluding carboxylic acids is 15. The predicted molar refractivity (Wildman–Crippen MR) is 518 cm³/mol. The maximum atomic E-state index is 15.8. The second-order valence-corrected chi connectivity index (χ2v) is 39.5. The van der Waals surface area contributed by atoms with Crippen LogP contribution < -0.4 is 21.7 Å². The summed E-state index contributed by atoms with van der Waals surface area (Å²) in [7, 11) is 0. The molecule has 0 aromatic heterocycles. The van der Waals surface area contributed by atoms with Crippen molar-refractivity contribution in [3.05, 3.63) is 238 Å². The van der Waals surface area contributed by atoms with Gasteiger partial charge < -0.3 is 114 Å². The Morgan fingerprint density at radius 3 is 1.10 bits per heavy atom. The minimum atomic E-state index is -2.50. The van der Waals surface area contributed by atoms with Crippen molar-refractivity contribution in [1.29, 1.82) is 0 Å². The Hall–Kier alpha value is -13.6. The molecule has 6 fully saturated rings. The lowest BCUT2D eigenvalue weighted by Crippen LogP contribution is -2.82. The Bertz CT molecular complexity index is 5990. The van der Waals surface area contributed by atoms with Gasteiger partial charge in [0, 0.05) is 88.3 Å². The maximum Gasteiger partial charge on any atom is 0.350 e. The molecule has 2 aliphatic heterocycles. The van der Waals surface area contributed by atoms with Gasteiger partial charge in [-0.05, 0) is 110 Å². The highest BCUT2D eigenvalue weighted by atomic mass is 16.7. The molecule has 4 bridgehead atoms. The number of hydrogen-bond acceptors (Lipinski definition) is 34. The van der Waals surface area contributed by atoms with Gasteiger partial charge in [0.05, 0.1) is 111 Å². The van der Waals surface area contributed by atoms with Crippen LogP contribution in [0.1, 0.15) is 207 Å². The van der Waals surface area contributed by atoms with Crippen LogP contribution >= 0.6 is 0 Å². The molecule has 6 aromatic carbocycles. The van der Waals surface area contributed by atoms with E-state index in [1.54, 1.807) is 133 Å². The quantitative estimate of drug-likeness (QED) is 0.00809. The molecule has 14 rings (SSSR count). The Morgan fingerprint density at radius 2 is 0.777 bits per heavy atom. The number of ether oxygens (including phenoxy) is 14. The number of benzene rings is 6. The number of hydrogen-bond donors (Lipinski definition) is 9. The van der Waals surface area contributed by atoms with Crippen LogP contribution in [0, 0.1) is 33.5 Å². The van der Waals surface area contributed by atoms with Crippen molar-refractivity contribution in [3.63, 3.8) is 0 Å². The summed E-state index contributed by atoms with van der Waals surface area (Å²) in [6, 6.07) is 44.5. The molecule has 3 amide bonds. The number of fused-ring (bicyclic) bond motifs is 10. The number of aliphatic hydroxyl groups is 4. The molecule has 6 aromatic rings. The molecule has 39 nitrogen and oxygen atoms in total. The van der Waals surface area contributed by atoms with Crippen LogP contribution in [-0.2, 0) is 124 Å². The lowest BCUT2D eigenvalue weighted by atomic mass is 9.44. The molecule has 6 aliphatic carbocycles. The third kappa shape index (κ3) is 22.8. The van der Waals surface area contributed by atoms with Crippen molar-refractivity contribution in [1.82, 2.24) is 16.0 Å². The minimum absolute atomic E-state index is 0. The van der Waals surface area contributed by atoms with Crippen molar-refractivity contribution >= 4 is 95.0 Å². The topological polar surface area (TPSA) is 567 Å². The van der Waals surface area contributed by atoms with Gasteiger partial charge in [-0.3, -0.25) is 57.5 Å². The van der Waals surface area contributed by atoms with Crippen LogP contribution in [0.3, 0.4) is 0 Å². The number of Topliss-reactive ketones (excluding diaryl/α,β-unsaturated/α-hetero) is 2. The average molecular weight is 2060 g/mol. The van der Waals surface area contributed by atoms with Gasteiger partial charge in [-0.2, -0.15) is 0 Å². The van der Waals surface area contributed by atoms with Crippen molar-refractivity contribution in [2.45, 2.75) is 250 Å². The van der Waals surface area contributed by atoms with Gasteiger partial charge in [0.15, 0.2) is 35.0 Å². The first-order chi connectivity index (χ1) is 69.7. The summed E-state index contributed by atoms with van der Waals surface area (Å²) in [6.45, 7) is 17.5. The number of carboxylic acids is 1. The summed E-state index contributed by atoms with van der Waals surface area (Å²) < 4.78 is 83.9. The summed E-state index contributed by atoms with van der Waals surface area (Å²) >= 11 is 0. The molecule has 2 heterocycles. The number of rotatable bonds is 36. The normalized spacial score (nSPS) is 28.4. The van der Waals surface area contributed by atoms with Gasteiger partial charge in [0.25, 0.3) is 11.8 Å². The number of esters is 10. The second kappa shape index (κ2) is 46.8. The van der Waals surface area contributed by atoms with E-state index in [2.05, 4.69) is 21.7 Å². The number of nitrogens with one attached hydrogen (secondary N) is 3. The second-order valence-electron chi connectivity index (χ2n) is 39.5. The molecule has 148 heavy (non-hydrogen) atoms. The number of carbonyl (C=O) groups is 16. The standard InChI is InChI=1S/C57H69N3O18.C51H55NO17.CH4/c1-33-39(75-53(69)47(76-43(65)23-22-42(64)59-25-27-72-29-28-71-26-24-58)45(36-16-10-7-11-17-36)60-51(67)37-18-12-8-13-19-37)31-57(70)50(77-52(68)38-20-14-9-15-21-38)48-55(6,40(63)30-41-56(48,32-73-41)78-35(3)62)49(66)46(74-34(2)61)44(33)54(57,4)5;1-27-33(66-47(62)41(67-37(58)23-22-36(56)57)39(30-16-10-7-11-17-30)52-45(60)31-18-12-8-13-19-31)25-51(63)44(68-46(61)32-20-14-9-15-21-32)42-49(6,34(55)24-35-50(42,26-64-35)69-29(3)54)43(59)40(65-28(2)53)38(27)48(51,4)5;/h7-21,39-41,45-48,50,63,70H,22-32,58H2,1-6H3,(H,59,64)(H,60,67);7-21,33-35,39-42,44,55,63H,22-26H2,1-6H3,(H,52,60)(H,56,57);1H4/p+1/t39-,40-,41+,45-,46+,47+,48-,50-,55+,56-,57+;33-,34-,35+,39-,40+,41+,42-,44-,49+,50-,51+;/m00./s1. The molecule has 22 atom stereocenters. The predicted octanol–water partition coefficient (Wildman–Crippen LogP) is 7.25. The van der Waals surface area contributed by atoms with Crippen molar-refractivity contribution in [3.8, 4) is 0 Å². The summed E-state index contributed by atoms with van der Waals surface area (Å²) in [5, 5.41) is 69.9. The van der Waals surface area contributed by atoms with E-state index >= 15 is 19.2 Å². The average Bonchev–Trinajstić information content (AvgIpc) is 0.669. The first kappa shape index (κ1) is 113. The summed E-state index contributed by atoms with van der Waals surface area (Å²) in [5.74, 6) is -18.6. The fourth-order valence-corrected chi connectivity index (χ4v) is 22.2. The van der Waals surface area contributed by atoms with Gasteiger partial charge in [0.1, 0.15) is 59.9 Å². The minimum Gasteiger partial charge on any atom is -0.481 e. The lowest BCUT2D eigenvalue weighted by molar-refractivity contribution is -0.374. The van der Waals surface area contributed by atoms with E-state index in [-0.39, 0.29) is 109 Å². The maximum absolute atomic E-state index is 15.8. The monoisotopic (exact) mass is 2050 g/mol. The number of aliphatic hydroxyl groups excluding tert-OH is 2. The first-order valence-corrected chi connectivity index (χ1v) is 48.5. The van der Waals surface area contributed by atoms with E-state index in [0.29, 0.717) is 26.4 Å². The SMILES string of the molecule is C.CC(=O)O[C@H]1C(=O)[C@@]2(C)[C@H]([C@H](OC(=O)c3ccccc3)[C@]3(O)C[C@H](OC(=O)[C@H](OC(=O)CCC(=O)NCCOCCOCC[NH3+])[C@@H](NC(=O)c4ccccc4)c4ccccc4)C(C)=C1C3(C)C)[C@]1(OC(C)=O)CO[C@@H]1C[C@@H]2O.CC(=O)O[C@H]1C(=O)[C@@]2(C)[C@H]([C@H](OC(=O)c3ccccc3)[C@]3(O)C[C@H](OC(=O)[C@H](OC(=O)CCC(=O)O)[C@@H](NC(=O)c4ccccc4)c4ccccc4)C(C)=C1C3(C)C)[C@]1(OC(C)=O)CO[C@@H]1C[C@@H]2O. The zero-order chi connectivity index (χ0) is 107. The molecular weight excluding hydrogens is 1930 g/mol. The van der Waals surface area contributed by atoms with E-state index in [4.69, 9.17) is 66.3 Å². The number of ketones is 2. The van der Waals surface area contributed by atoms with E-state index < -0.39 is 268 Å². The van der Waals surface area contributed by atoms with E-state index in [1.165, 1.54) is 104 Å². The first-order valence-electron chi connectivity index (χ1n) is 48.5. The van der Waals surface area contributed by atoms with Gasteiger partial charge in [-0.1, -0.05) is 169 Å². The van der Waals surface area contributed by atoms with Crippen molar-refractivity contribution < 1.29 is 174 Å². The van der Waals surface area contributed by atoms with E-state index in [9.17, 15) is 83.1 Å². The van der Waals surface area contributed by atoms with E-state index in [0.717, 1.165) is 27.7 Å². The fraction of sp³-hybridized carbons (Fsp3) is 0.486. The van der Waals surface area contributed by atoms with Crippen molar-refractivity contribution in [2.24, 2.45) is 33.5 Å². The summed E-state index contributed by atoms with van der Waals surface area (Å²) in [5.41, 5.74) is -11.8. The molecule has 0 spiro atoms. The Morgan fingerprint density at radius 1 is 0.439 bits per heavy atom. The van der Waals surface area contributed by atoms with Gasteiger partial charge in [-0.15, -0.1) is 0 Å².